The standard InChI is InChI=1S/C13H13N3O3/c1-3-19-13(18)11-7-15-16(8-11)12-5-4-10(6-14-12)9(2)17/h4-8H,3H2,1-2H3. The van der Waals surface area contributed by atoms with Gasteiger partial charge in [0.15, 0.2) is 11.6 Å². The highest BCUT2D eigenvalue weighted by molar-refractivity contribution is 5.93. The number of nitrogens with zero attached hydrogens (tertiary/aromatic N) is 3. The largest absolute Gasteiger partial charge is 0.462 e. The van der Waals surface area contributed by atoms with Gasteiger partial charge in [0.1, 0.15) is 0 Å². The minimum atomic E-state index is -0.422. The number of rotatable bonds is 4. The van der Waals surface area contributed by atoms with E-state index in [2.05, 4.69) is 10.1 Å². The molecule has 6 nitrogen and oxygen atoms in total. The number of pyridine rings is 1. The van der Waals surface area contributed by atoms with Gasteiger partial charge < -0.3 is 4.74 Å². The molecule has 0 spiro atoms. The Bertz CT molecular complexity index is 602. The van der Waals surface area contributed by atoms with Gasteiger partial charge in [0.25, 0.3) is 0 Å². The molecule has 0 unspecified atom stereocenters. The Kier molecular flexibility index (Phi) is 3.70. The summed E-state index contributed by atoms with van der Waals surface area (Å²) in [4.78, 5) is 26.7. The zero-order chi connectivity index (χ0) is 13.8. The van der Waals surface area contributed by atoms with Crippen molar-refractivity contribution in [1.82, 2.24) is 14.8 Å². The molecule has 2 rings (SSSR count). The highest BCUT2D eigenvalue weighted by Gasteiger charge is 2.10. The van der Waals surface area contributed by atoms with Crippen LogP contribution in [0.5, 0.6) is 0 Å². The van der Waals surface area contributed by atoms with Crippen molar-refractivity contribution in [3.63, 3.8) is 0 Å². The van der Waals surface area contributed by atoms with Crippen LogP contribution in [0.15, 0.2) is 30.7 Å². The molecule has 2 aromatic rings. The number of esters is 1. The molecule has 0 saturated carbocycles. The lowest BCUT2D eigenvalue weighted by Crippen LogP contribution is -2.03. The minimum absolute atomic E-state index is 0.0493. The highest BCUT2D eigenvalue weighted by Crippen LogP contribution is 2.08. The van der Waals surface area contributed by atoms with Crippen LogP contribution >= 0.6 is 0 Å². The summed E-state index contributed by atoms with van der Waals surface area (Å²) >= 11 is 0. The first kappa shape index (κ1) is 12.9. The quantitative estimate of drug-likeness (QED) is 0.616. The SMILES string of the molecule is CCOC(=O)c1cnn(-c2ccc(C(C)=O)cn2)c1. The van der Waals surface area contributed by atoms with Crippen molar-refractivity contribution in [2.24, 2.45) is 0 Å². The molecule has 0 aliphatic rings. The van der Waals surface area contributed by atoms with E-state index in [-0.39, 0.29) is 5.78 Å². The van der Waals surface area contributed by atoms with Crippen molar-refractivity contribution in [2.75, 3.05) is 6.61 Å². The molecule has 98 valence electrons. The maximum absolute atomic E-state index is 11.5. The molecule has 0 radical (unpaired) electrons. The van der Waals surface area contributed by atoms with Crippen molar-refractivity contribution in [2.45, 2.75) is 13.8 Å². The van der Waals surface area contributed by atoms with Crippen LogP contribution < -0.4 is 0 Å². The van der Waals surface area contributed by atoms with Crippen LogP contribution in [-0.4, -0.2) is 33.1 Å². The molecule has 0 aromatic carbocycles. The second-order valence-corrected chi connectivity index (χ2v) is 3.86. The summed E-state index contributed by atoms with van der Waals surface area (Å²) in [6.45, 7) is 3.53. The Morgan fingerprint density at radius 3 is 2.63 bits per heavy atom. The minimum Gasteiger partial charge on any atom is -0.462 e. The third kappa shape index (κ3) is 2.85. The van der Waals surface area contributed by atoms with Gasteiger partial charge in [0, 0.05) is 18.0 Å². The third-order valence-corrected chi connectivity index (χ3v) is 2.48. The van der Waals surface area contributed by atoms with Gasteiger partial charge in [-0.15, -0.1) is 0 Å². The van der Waals surface area contributed by atoms with Crippen LogP contribution in [0, 0.1) is 0 Å². The average molecular weight is 259 g/mol. The summed E-state index contributed by atoms with van der Waals surface area (Å²) in [5.41, 5.74) is 0.890. The predicted octanol–water partition coefficient (Wildman–Crippen LogP) is 1.65. The van der Waals surface area contributed by atoms with Crippen LogP contribution in [0.1, 0.15) is 34.6 Å². The molecule has 0 aliphatic heterocycles. The number of hydrogen-bond acceptors (Lipinski definition) is 5. The molecule has 0 saturated heterocycles. The molecule has 0 N–H and O–H groups in total. The molecular formula is C13H13N3O3. The van der Waals surface area contributed by atoms with E-state index in [4.69, 9.17) is 4.74 Å². The number of Topliss-reactive ketones (excluding diaryl/α,β-unsaturated/α-hetero) is 1. The maximum atomic E-state index is 11.5. The molecule has 0 aliphatic carbocycles. The Hall–Kier alpha value is -2.50. The van der Waals surface area contributed by atoms with Crippen LogP contribution in [0.4, 0.5) is 0 Å². The van der Waals surface area contributed by atoms with Gasteiger partial charge in [-0.25, -0.2) is 14.5 Å². The summed E-state index contributed by atoms with van der Waals surface area (Å²) in [5.74, 6) is 0.0568. The molecule has 0 atom stereocenters. The van der Waals surface area contributed by atoms with Gasteiger partial charge in [-0.1, -0.05) is 0 Å². The van der Waals surface area contributed by atoms with E-state index < -0.39 is 5.97 Å². The third-order valence-electron chi connectivity index (χ3n) is 2.48. The van der Waals surface area contributed by atoms with E-state index in [0.29, 0.717) is 23.6 Å². The van der Waals surface area contributed by atoms with Gasteiger partial charge in [0.2, 0.25) is 0 Å². The molecule has 0 amide bonds. The van der Waals surface area contributed by atoms with E-state index in [9.17, 15) is 9.59 Å². The molecule has 0 bridgehead atoms. The molecular weight excluding hydrogens is 246 g/mol. The van der Waals surface area contributed by atoms with Crippen LogP contribution in [-0.2, 0) is 4.74 Å². The summed E-state index contributed by atoms with van der Waals surface area (Å²) in [6.07, 6.45) is 4.43. The fraction of sp³-hybridized carbons (Fsp3) is 0.231. The van der Waals surface area contributed by atoms with E-state index in [1.807, 2.05) is 0 Å². The van der Waals surface area contributed by atoms with Gasteiger partial charge in [-0.2, -0.15) is 5.10 Å². The molecule has 19 heavy (non-hydrogen) atoms. The second-order valence-electron chi connectivity index (χ2n) is 3.86. The number of hydrogen-bond donors (Lipinski definition) is 0. The Morgan fingerprint density at radius 1 is 1.26 bits per heavy atom. The molecule has 2 heterocycles. The normalized spacial score (nSPS) is 10.2. The average Bonchev–Trinajstić information content (AvgIpc) is 2.89. The molecule has 6 heteroatoms. The molecule has 2 aromatic heterocycles. The van der Waals surface area contributed by atoms with Gasteiger partial charge >= 0.3 is 5.97 Å². The number of carbonyl (C=O) groups excluding carboxylic acids is 2. The fourth-order valence-electron chi connectivity index (χ4n) is 1.50. The summed E-state index contributed by atoms with van der Waals surface area (Å²) in [6, 6.07) is 3.33. The van der Waals surface area contributed by atoms with E-state index in [1.54, 1.807) is 19.1 Å². The van der Waals surface area contributed by atoms with Crippen LogP contribution in [0.2, 0.25) is 0 Å². The summed E-state index contributed by atoms with van der Waals surface area (Å²) in [7, 11) is 0. The highest BCUT2D eigenvalue weighted by atomic mass is 16.5. The maximum Gasteiger partial charge on any atom is 0.341 e. The Balaban J connectivity index is 2.23. The lowest BCUT2D eigenvalue weighted by atomic mass is 10.2. The Morgan fingerprint density at radius 2 is 2.05 bits per heavy atom. The van der Waals surface area contributed by atoms with Crippen molar-refractivity contribution >= 4 is 11.8 Å². The topological polar surface area (TPSA) is 74.1 Å². The lowest BCUT2D eigenvalue weighted by Gasteiger charge is -2.00. The first-order valence-electron chi connectivity index (χ1n) is 5.81. The monoisotopic (exact) mass is 259 g/mol. The first-order valence-corrected chi connectivity index (χ1v) is 5.81. The van der Waals surface area contributed by atoms with Crippen LogP contribution in [0.25, 0.3) is 5.82 Å². The van der Waals surface area contributed by atoms with E-state index in [1.165, 1.54) is 30.2 Å². The van der Waals surface area contributed by atoms with Crippen LogP contribution in [0.3, 0.4) is 0 Å². The summed E-state index contributed by atoms with van der Waals surface area (Å²) < 4.78 is 6.32. The van der Waals surface area contributed by atoms with Gasteiger partial charge in [-0.3, -0.25) is 4.79 Å². The van der Waals surface area contributed by atoms with Crippen molar-refractivity contribution < 1.29 is 14.3 Å². The smallest absolute Gasteiger partial charge is 0.341 e. The van der Waals surface area contributed by atoms with E-state index in [0.717, 1.165) is 0 Å². The van der Waals surface area contributed by atoms with Crippen molar-refractivity contribution in [3.05, 3.63) is 41.9 Å². The zero-order valence-corrected chi connectivity index (χ0v) is 10.7. The predicted molar refractivity (Wildman–Crippen MR) is 67.3 cm³/mol. The second kappa shape index (κ2) is 5.43. The number of ether oxygens (including phenoxy) is 1. The number of carbonyl (C=O) groups is 2. The number of ketones is 1. The van der Waals surface area contributed by atoms with Crippen molar-refractivity contribution in [3.8, 4) is 5.82 Å². The number of aromatic nitrogens is 3. The fourth-order valence-corrected chi connectivity index (χ4v) is 1.50. The lowest BCUT2D eigenvalue weighted by molar-refractivity contribution is 0.0526. The van der Waals surface area contributed by atoms with E-state index >= 15 is 0 Å². The first-order chi connectivity index (χ1) is 9.11. The zero-order valence-electron chi connectivity index (χ0n) is 10.7. The van der Waals surface area contributed by atoms with Gasteiger partial charge in [0.05, 0.1) is 18.4 Å². The Labute approximate surface area is 110 Å². The van der Waals surface area contributed by atoms with Gasteiger partial charge in [-0.05, 0) is 26.0 Å². The molecule has 0 fully saturated rings. The summed E-state index contributed by atoms with van der Waals surface area (Å²) in [5, 5.41) is 4.03. The van der Waals surface area contributed by atoms with Crippen molar-refractivity contribution in [1.29, 1.82) is 0 Å².